The van der Waals surface area contributed by atoms with Crippen molar-refractivity contribution in [2.24, 2.45) is 0 Å². The predicted molar refractivity (Wildman–Crippen MR) is 78.1 cm³/mol. The van der Waals surface area contributed by atoms with Crippen LogP contribution in [-0.2, 0) is 6.54 Å². The van der Waals surface area contributed by atoms with E-state index in [0.29, 0.717) is 24.3 Å². The van der Waals surface area contributed by atoms with Crippen molar-refractivity contribution in [2.75, 3.05) is 12.3 Å². The number of carbonyl (C=O) groups excluding carboxylic acids is 1. The van der Waals surface area contributed by atoms with Crippen LogP contribution in [0.2, 0.25) is 0 Å². The van der Waals surface area contributed by atoms with Gasteiger partial charge in [0.25, 0.3) is 0 Å². The molecule has 2 aromatic carbocycles. The first-order valence-corrected chi connectivity index (χ1v) is 6.31. The van der Waals surface area contributed by atoms with Crippen molar-refractivity contribution in [3.05, 3.63) is 65.2 Å². The molecule has 0 aliphatic rings. The Morgan fingerprint density at radius 1 is 1.16 bits per heavy atom. The van der Waals surface area contributed by atoms with Crippen LogP contribution in [0.3, 0.4) is 0 Å². The third-order valence-electron chi connectivity index (χ3n) is 3.06. The summed E-state index contributed by atoms with van der Waals surface area (Å²) < 4.78 is 0. The van der Waals surface area contributed by atoms with E-state index in [2.05, 4.69) is 5.32 Å². The summed E-state index contributed by atoms with van der Waals surface area (Å²) in [4.78, 5) is 12.0. The molecular weight excluding hydrogens is 236 g/mol. The molecule has 3 nitrogen and oxygen atoms in total. The molecule has 98 valence electrons. The van der Waals surface area contributed by atoms with Crippen LogP contribution in [0, 0.1) is 6.92 Å². The highest BCUT2D eigenvalue weighted by molar-refractivity contribution is 5.98. The maximum absolute atomic E-state index is 12.0. The van der Waals surface area contributed by atoms with Gasteiger partial charge in [0.2, 0.25) is 0 Å². The zero-order chi connectivity index (χ0) is 13.7. The molecule has 0 spiro atoms. The molecule has 0 aliphatic carbocycles. The Balaban J connectivity index is 1.89. The highest BCUT2D eigenvalue weighted by Crippen LogP contribution is 2.13. The summed E-state index contributed by atoms with van der Waals surface area (Å²) in [6, 6.07) is 15.4. The summed E-state index contributed by atoms with van der Waals surface area (Å²) in [6.07, 6.45) is 0. The number of nitrogens with one attached hydrogen (secondary N) is 1. The second-order valence-electron chi connectivity index (χ2n) is 4.58. The van der Waals surface area contributed by atoms with E-state index in [1.165, 1.54) is 5.56 Å². The van der Waals surface area contributed by atoms with Gasteiger partial charge >= 0.3 is 0 Å². The molecule has 0 saturated heterocycles. The number of anilines is 1. The van der Waals surface area contributed by atoms with Crippen LogP contribution in [0.4, 0.5) is 5.69 Å². The molecule has 0 heterocycles. The largest absolute Gasteiger partial charge is 0.398 e. The molecule has 2 aromatic rings. The lowest BCUT2D eigenvalue weighted by Gasteiger charge is -2.06. The number of rotatable bonds is 5. The zero-order valence-corrected chi connectivity index (χ0v) is 11.0. The van der Waals surface area contributed by atoms with E-state index in [1.54, 1.807) is 6.07 Å². The number of carbonyl (C=O) groups is 1. The summed E-state index contributed by atoms with van der Waals surface area (Å²) in [7, 11) is 0. The second-order valence-corrected chi connectivity index (χ2v) is 4.58. The van der Waals surface area contributed by atoms with Gasteiger partial charge in [0, 0.05) is 17.8 Å². The van der Waals surface area contributed by atoms with Crippen LogP contribution in [0.15, 0.2) is 48.5 Å². The Hall–Kier alpha value is -2.13. The highest BCUT2D eigenvalue weighted by atomic mass is 16.1. The smallest absolute Gasteiger partial charge is 0.176 e. The number of Topliss-reactive ketones (excluding diaryl/α,β-unsaturated/α-hetero) is 1. The lowest BCUT2D eigenvalue weighted by Crippen LogP contribution is -2.22. The number of aryl methyl sites for hydroxylation is 1. The topological polar surface area (TPSA) is 55.1 Å². The van der Waals surface area contributed by atoms with Gasteiger partial charge in [0.05, 0.1) is 6.54 Å². The molecule has 0 bridgehead atoms. The number of hydrogen-bond donors (Lipinski definition) is 2. The van der Waals surface area contributed by atoms with Crippen molar-refractivity contribution in [1.82, 2.24) is 5.32 Å². The van der Waals surface area contributed by atoms with Crippen molar-refractivity contribution in [2.45, 2.75) is 13.5 Å². The van der Waals surface area contributed by atoms with Gasteiger partial charge < -0.3 is 11.1 Å². The molecule has 0 fully saturated rings. The monoisotopic (exact) mass is 254 g/mol. The maximum Gasteiger partial charge on any atom is 0.176 e. The summed E-state index contributed by atoms with van der Waals surface area (Å²) in [5.74, 6) is 0.0580. The Kier molecular flexibility index (Phi) is 4.31. The lowest BCUT2D eigenvalue weighted by atomic mass is 10.1. The Morgan fingerprint density at radius 2 is 1.89 bits per heavy atom. The summed E-state index contributed by atoms with van der Waals surface area (Å²) in [6.45, 7) is 2.93. The average Bonchev–Trinajstić information content (AvgIpc) is 2.43. The Bertz CT molecular complexity index is 564. The number of hydrogen-bond acceptors (Lipinski definition) is 3. The Labute approximate surface area is 113 Å². The van der Waals surface area contributed by atoms with Crippen LogP contribution >= 0.6 is 0 Å². The second kappa shape index (κ2) is 6.16. The van der Waals surface area contributed by atoms with Crippen LogP contribution in [0.1, 0.15) is 21.5 Å². The van der Waals surface area contributed by atoms with Gasteiger partial charge in [-0.15, -0.1) is 0 Å². The summed E-state index contributed by atoms with van der Waals surface area (Å²) >= 11 is 0. The molecule has 0 radical (unpaired) electrons. The van der Waals surface area contributed by atoms with Crippen LogP contribution in [-0.4, -0.2) is 12.3 Å². The van der Waals surface area contributed by atoms with E-state index in [1.807, 2.05) is 49.4 Å². The van der Waals surface area contributed by atoms with Crippen molar-refractivity contribution >= 4 is 11.5 Å². The quantitative estimate of drug-likeness (QED) is 0.637. The third-order valence-corrected chi connectivity index (χ3v) is 3.06. The van der Waals surface area contributed by atoms with E-state index in [4.69, 9.17) is 5.73 Å². The minimum atomic E-state index is 0.0580. The number of nitrogen functional groups attached to an aromatic ring is 1. The van der Waals surface area contributed by atoms with Crippen LogP contribution in [0.5, 0.6) is 0 Å². The van der Waals surface area contributed by atoms with Gasteiger partial charge in [0.15, 0.2) is 5.78 Å². The molecule has 3 N–H and O–H groups in total. The first-order valence-electron chi connectivity index (χ1n) is 6.31. The number of nitrogens with two attached hydrogens (primary N) is 1. The van der Waals surface area contributed by atoms with E-state index in [0.717, 1.165) is 5.56 Å². The van der Waals surface area contributed by atoms with Gasteiger partial charge in [-0.3, -0.25) is 4.79 Å². The molecular formula is C16H18N2O. The van der Waals surface area contributed by atoms with E-state index >= 15 is 0 Å². The van der Waals surface area contributed by atoms with Crippen molar-refractivity contribution in [3.8, 4) is 0 Å². The van der Waals surface area contributed by atoms with Gasteiger partial charge in [-0.1, -0.05) is 42.5 Å². The molecule has 0 atom stereocenters. The normalized spacial score (nSPS) is 10.4. The van der Waals surface area contributed by atoms with Crippen LogP contribution < -0.4 is 11.1 Å². The third kappa shape index (κ3) is 3.66. The Morgan fingerprint density at radius 3 is 2.58 bits per heavy atom. The fourth-order valence-electron chi connectivity index (χ4n) is 1.83. The molecule has 0 unspecified atom stereocenters. The minimum absolute atomic E-state index is 0.0580. The molecule has 0 saturated carbocycles. The fourth-order valence-corrected chi connectivity index (χ4v) is 1.83. The fraction of sp³-hybridized carbons (Fsp3) is 0.188. The summed E-state index contributed by atoms with van der Waals surface area (Å²) in [5.41, 5.74) is 9.28. The molecule has 0 aromatic heterocycles. The van der Waals surface area contributed by atoms with Crippen molar-refractivity contribution in [3.63, 3.8) is 0 Å². The van der Waals surface area contributed by atoms with Gasteiger partial charge in [-0.05, 0) is 24.1 Å². The SMILES string of the molecule is Cc1ccc(C(=O)CNCc2ccccc2)cc1N. The van der Waals surface area contributed by atoms with E-state index < -0.39 is 0 Å². The van der Waals surface area contributed by atoms with E-state index in [9.17, 15) is 4.79 Å². The maximum atomic E-state index is 12.0. The van der Waals surface area contributed by atoms with Crippen molar-refractivity contribution in [1.29, 1.82) is 0 Å². The standard InChI is InChI=1S/C16H18N2O/c1-12-7-8-14(9-15(12)17)16(19)11-18-10-13-5-3-2-4-6-13/h2-9,18H,10-11,17H2,1H3. The number of benzene rings is 2. The molecule has 3 heteroatoms. The molecule has 19 heavy (non-hydrogen) atoms. The highest BCUT2D eigenvalue weighted by Gasteiger charge is 2.06. The van der Waals surface area contributed by atoms with Gasteiger partial charge in [0.1, 0.15) is 0 Å². The molecule has 0 amide bonds. The van der Waals surface area contributed by atoms with Gasteiger partial charge in [-0.2, -0.15) is 0 Å². The lowest BCUT2D eigenvalue weighted by molar-refractivity contribution is 0.0991. The zero-order valence-electron chi connectivity index (χ0n) is 11.0. The first kappa shape index (κ1) is 13.3. The first-order chi connectivity index (χ1) is 9.16. The minimum Gasteiger partial charge on any atom is -0.398 e. The van der Waals surface area contributed by atoms with E-state index in [-0.39, 0.29) is 5.78 Å². The average molecular weight is 254 g/mol. The van der Waals surface area contributed by atoms with Crippen LogP contribution in [0.25, 0.3) is 0 Å². The summed E-state index contributed by atoms with van der Waals surface area (Å²) in [5, 5.41) is 3.14. The van der Waals surface area contributed by atoms with Crippen molar-refractivity contribution < 1.29 is 4.79 Å². The number of ketones is 1. The molecule has 0 aliphatic heterocycles. The predicted octanol–water partition coefficient (Wildman–Crippen LogP) is 2.55. The molecule has 2 rings (SSSR count). The van der Waals surface area contributed by atoms with Gasteiger partial charge in [-0.25, -0.2) is 0 Å².